The molecule has 0 unspecified atom stereocenters. The van der Waals surface area contributed by atoms with Gasteiger partial charge in [-0.25, -0.2) is 10.2 Å². The maximum Gasteiger partial charge on any atom is 0.355 e. The van der Waals surface area contributed by atoms with Crippen molar-refractivity contribution in [2.75, 3.05) is 13.2 Å². The van der Waals surface area contributed by atoms with Gasteiger partial charge < -0.3 is 10.2 Å². The van der Waals surface area contributed by atoms with E-state index in [1.165, 1.54) is 0 Å². The van der Waals surface area contributed by atoms with E-state index >= 15 is 0 Å². The van der Waals surface area contributed by atoms with E-state index in [1.54, 1.807) is 13.0 Å². The number of carbonyl (C=O) groups excluding carboxylic acids is 1. The molecule has 0 atom stereocenters. The first-order chi connectivity index (χ1) is 4.84. The molecule has 0 amide bonds. The summed E-state index contributed by atoms with van der Waals surface area (Å²) in [5.74, 6) is -0.299. The van der Waals surface area contributed by atoms with Gasteiger partial charge in [0.2, 0.25) is 0 Å². The molecule has 0 aliphatic carbocycles. The van der Waals surface area contributed by atoms with E-state index in [0.717, 1.165) is 0 Å². The van der Waals surface area contributed by atoms with Crippen molar-refractivity contribution in [1.82, 2.24) is 10.9 Å². The Morgan fingerprint density at radius 3 is 3.20 bits per heavy atom. The van der Waals surface area contributed by atoms with Crippen molar-refractivity contribution < 1.29 is 9.53 Å². The Kier molecular flexibility index (Phi) is 2.28. The largest absolute Gasteiger partial charge is 0.461 e. The number of hydrogen-bond donors (Lipinski definition) is 2. The van der Waals surface area contributed by atoms with Gasteiger partial charge in [0.05, 0.1) is 6.61 Å². The first-order valence-corrected chi connectivity index (χ1v) is 3.20. The molecule has 0 fully saturated rings. The van der Waals surface area contributed by atoms with Gasteiger partial charge in [-0.2, -0.15) is 0 Å². The molecule has 10 heavy (non-hydrogen) atoms. The first kappa shape index (κ1) is 7.08. The summed E-state index contributed by atoms with van der Waals surface area (Å²) in [6.07, 6.45) is 1.75. The number of hydrogen-bond acceptors (Lipinski definition) is 4. The lowest BCUT2D eigenvalue weighted by Gasteiger charge is -2.01. The Morgan fingerprint density at radius 1 is 1.90 bits per heavy atom. The molecule has 2 N–H and O–H groups in total. The lowest BCUT2D eigenvalue weighted by atomic mass is 10.4. The summed E-state index contributed by atoms with van der Waals surface area (Å²) >= 11 is 0. The molecule has 0 bridgehead atoms. The van der Waals surface area contributed by atoms with Crippen LogP contribution in [0.5, 0.6) is 0 Å². The van der Waals surface area contributed by atoms with E-state index in [9.17, 15) is 4.79 Å². The molecule has 0 radical (unpaired) electrons. The number of esters is 1. The van der Waals surface area contributed by atoms with E-state index in [0.29, 0.717) is 18.8 Å². The van der Waals surface area contributed by atoms with Crippen molar-refractivity contribution in [3.05, 3.63) is 11.8 Å². The molecule has 4 nitrogen and oxygen atoms in total. The van der Waals surface area contributed by atoms with Gasteiger partial charge in [-0.15, -0.1) is 0 Å². The van der Waals surface area contributed by atoms with Crippen LogP contribution in [0.25, 0.3) is 0 Å². The predicted molar refractivity (Wildman–Crippen MR) is 35.9 cm³/mol. The third-order valence-corrected chi connectivity index (χ3v) is 1.13. The molecular weight excluding hydrogens is 132 g/mol. The quantitative estimate of drug-likeness (QED) is 0.512. The number of ether oxygens (including phenoxy) is 1. The Labute approximate surface area is 59.2 Å². The molecule has 0 aromatic rings. The fourth-order valence-electron chi connectivity index (χ4n) is 0.694. The van der Waals surface area contributed by atoms with Gasteiger partial charge in [0.15, 0.2) is 0 Å². The van der Waals surface area contributed by atoms with Gasteiger partial charge in [-0.1, -0.05) is 0 Å². The second kappa shape index (κ2) is 3.22. The monoisotopic (exact) mass is 142 g/mol. The second-order valence-electron chi connectivity index (χ2n) is 1.84. The van der Waals surface area contributed by atoms with Crippen molar-refractivity contribution in [2.24, 2.45) is 0 Å². The van der Waals surface area contributed by atoms with Gasteiger partial charge in [-0.3, -0.25) is 0 Å². The van der Waals surface area contributed by atoms with Crippen LogP contribution >= 0.6 is 0 Å². The van der Waals surface area contributed by atoms with Crippen molar-refractivity contribution in [3.63, 3.8) is 0 Å². The molecule has 1 aliphatic heterocycles. The maximum absolute atomic E-state index is 10.9. The summed E-state index contributed by atoms with van der Waals surface area (Å²) in [5.41, 5.74) is 5.95. The summed E-state index contributed by atoms with van der Waals surface area (Å²) < 4.78 is 4.72. The van der Waals surface area contributed by atoms with Crippen LogP contribution in [-0.2, 0) is 9.53 Å². The van der Waals surface area contributed by atoms with Crippen LogP contribution in [0, 0.1) is 0 Å². The number of hydrazine groups is 1. The highest BCUT2D eigenvalue weighted by Gasteiger charge is 2.12. The third kappa shape index (κ3) is 1.48. The molecule has 0 aromatic carbocycles. The zero-order valence-corrected chi connectivity index (χ0v) is 5.81. The molecule has 0 saturated heterocycles. The summed E-state index contributed by atoms with van der Waals surface area (Å²) in [6, 6.07) is 0. The summed E-state index contributed by atoms with van der Waals surface area (Å²) in [6.45, 7) is 2.87. The minimum atomic E-state index is -0.299. The minimum Gasteiger partial charge on any atom is -0.461 e. The van der Waals surface area contributed by atoms with Gasteiger partial charge in [0.1, 0.15) is 5.70 Å². The Morgan fingerprint density at radius 2 is 2.70 bits per heavy atom. The van der Waals surface area contributed by atoms with Gasteiger partial charge in [0, 0.05) is 6.54 Å². The zero-order chi connectivity index (χ0) is 7.40. The normalized spacial score (nSPS) is 15.9. The highest BCUT2D eigenvalue weighted by molar-refractivity contribution is 5.88. The van der Waals surface area contributed by atoms with Crippen molar-refractivity contribution in [1.29, 1.82) is 0 Å². The molecule has 0 saturated carbocycles. The molecule has 0 aromatic heterocycles. The van der Waals surface area contributed by atoms with E-state index in [-0.39, 0.29) is 5.97 Å². The molecular formula is C6H10N2O2. The maximum atomic E-state index is 10.9. The van der Waals surface area contributed by atoms with Crippen LogP contribution in [0.2, 0.25) is 0 Å². The van der Waals surface area contributed by atoms with Crippen LogP contribution in [0.3, 0.4) is 0 Å². The van der Waals surface area contributed by atoms with Gasteiger partial charge in [-0.05, 0) is 13.0 Å². The first-order valence-electron chi connectivity index (χ1n) is 3.20. The Bertz CT molecular complexity index is 165. The number of carbonyl (C=O) groups is 1. The molecule has 0 spiro atoms. The Balaban J connectivity index is 2.40. The SMILES string of the molecule is CCOC(=O)C1=CCNN1. The molecule has 4 heteroatoms. The average molecular weight is 142 g/mol. The van der Waals surface area contributed by atoms with E-state index in [2.05, 4.69) is 10.9 Å². The Hall–Kier alpha value is -1.03. The van der Waals surface area contributed by atoms with Crippen LogP contribution in [0.1, 0.15) is 6.92 Å². The highest BCUT2D eigenvalue weighted by Crippen LogP contribution is 1.95. The van der Waals surface area contributed by atoms with Crippen LogP contribution in [0.4, 0.5) is 0 Å². The average Bonchev–Trinajstić information content (AvgIpc) is 2.38. The topological polar surface area (TPSA) is 50.4 Å². The fourth-order valence-corrected chi connectivity index (χ4v) is 0.694. The summed E-state index contributed by atoms with van der Waals surface area (Å²) in [4.78, 5) is 10.9. The second-order valence-corrected chi connectivity index (χ2v) is 1.84. The molecule has 1 aliphatic rings. The van der Waals surface area contributed by atoms with Crippen molar-refractivity contribution in [3.8, 4) is 0 Å². The lowest BCUT2D eigenvalue weighted by Crippen LogP contribution is -2.28. The third-order valence-electron chi connectivity index (χ3n) is 1.13. The van der Waals surface area contributed by atoms with Gasteiger partial charge in [0.25, 0.3) is 0 Å². The molecule has 56 valence electrons. The van der Waals surface area contributed by atoms with Crippen molar-refractivity contribution >= 4 is 5.97 Å². The standard InChI is InChI=1S/C6H10N2O2/c1-2-10-6(9)5-3-4-7-8-5/h3,7-8H,2,4H2,1H3. The molecule has 1 rings (SSSR count). The van der Waals surface area contributed by atoms with E-state index in [4.69, 9.17) is 4.74 Å². The van der Waals surface area contributed by atoms with Crippen LogP contribution in [0.15, 0.2) is 11.8 Å². The molecule has 1 heterocycles. The lowest BCUT2D eigenvalue weighted by molar-refractivity contribution is -0.138. The van der Waals surface area contributed by atoms with E-state index < -0.39 is 0 Å². The van der Waals surface area contributed by atoms with Gasteiger partial charge >= 0.3 is 5.97 Å². The highest BCUT2D eigenvalue weighted by atomic mass is 16.5. The van der Waals surface area contributed by atoms with Crippen LogP contribution < -0.4 is 10.9 Å². The van der Waals surface area contributed by atoms with Crippen molar-refractivity contribution in [2.45, 2.75) is 6.92 Å². The predicted octanol–water partition coefficient (Wildman–Crippen LogP) is -0.459. The zero-order valence-electron chi connectivity index (χ0n) is 5.81. The fraction of sp³-hybridized carbons (Fsp3) is 0.500. The number of rotatable bonds is 2. The smallest absolute Gasteiger partial charge is 0.355 e. The minimum absolute atomic E-state index is 0.299. The van der Waals surface area contributed by atoms with Crippen LogP contribution in [-0.4, -0.2) is 19.1 Å². The summed E-state index contributed by atoms with van der Waals surface area (Å²) in [5, 5.41) is 0. The number of nitrogens with one attached hydrogen (secondary N) is 2. The van der Waals surface area contributed by atoms with E-state index in [1.807, 2.05) is 0 Å². The summed E-state index contributed by atoms with van der Waals surface area (Å²) in [7, 11) is 0.